The Morgan fingerprint density at radius 2 is 2.28 bits per heavy atom. The number of hydrogen-bond acceptors (Lipinski definition) is 4. The Labute approximate surface area is 110 Å². The monoisotopic (exact) mass is 295 g/mol. The van der Waals surface area contributed by atoms with Crippen molar-refractivity contribution < 1.29 is 18.3 Å². The Morgan fingerprint density at radius 1 is 1.67 bits per heavy atom. The number of aliphatic carboxylic acids is 1. The van der Waals surface area contributed by atoms with Gasteiger partial charge in [0, 0.05) is 19.5 Å². The highest BCUT2D eigenvalue weighted by atomic mass is 35.5. The molecule has 0 saturated heterocycles. The third-order valence-corrected chi connectivity index (χ3v) is 4.34. The second kappa shape index (κ2) is 5.68. The van der Waals surface area contributed by atoms with E-state index in [0.717, 1.165) is 4.68 Å². The summed E-state index contributed by atoms with van der Waals surface area (Å²) in [5.41, 5.74) is 0. The molecule has 0 bridgehead atoms. The predicted octanol–water partition coefficient (Wildman–Crippen LogP) is 0.605. The Balaban J connectivity index is 2.80. The minimum Gasteiger partial charge on any atom is -0.481 e. The van der Waals surface area contributed by atoms with Gasteiger partial charge in [-0.3, -0.25) is 9.48 Å². The van der Waals surface area contributed by atoms with Crippen LogP contribution in [0.4, 0.5) is 0 Å². The van der Waals surface area contributed by atoms with Crippen molar-refractivity contribution in [1.82, 2.24) is 14.5 Å². The van der Waals surface area contributed by atoms with Crippen molar-refractivity contribution in [3.05, 3.63) is 11.2 Å². The van der Waals surface area contributed by atoms with Crippen LogP contribution < -0.4 is 4.72 Å². The van der Waals surface area contributed by atoms with Crippen molar-refractivity contribution in [3.63, 3.8) is 0 Å². The van der Waals surface area contributed by atoms with E-state index in [1.54, 1.807) is 6.92 Å². The molecule has 0 saturated carbocycles. The lowest BCUT2D eigenvalue weighted by molar-refractivity contribution is -0.137. The van der Waals surface area contributed by atoms with E-state index in [-0.39, 0.29) is 22.9 Å². The molecule has 1 atom stereocenters. The first-order chi connectivity index (χ1) is 8.24. The van der Waals surface area contributed by atoms with Crippen LogP contribution in [0.5, 0.6) is 0 Å². The molecule has 102 valence electrons. The second-order valence-corrected chi connectivity index (χ2v) is 5.91. The normalized spacial score (nSPS) is 13.5. The third-order valence-electron chi connectivity index (χ3n) is 2.24. The highest BCUT2D eigenvalue weighted by Crippen LogP contribution is 2.20. The van der Waals surface area contributed by atoms with Crippen molar-refractivity contribution in [2.24, 2.45) is 7.05 Å². The number of carboxylic acids is 1. The van der Waals surface area contributed by atoms with Gasteiger partial charge in [0.25, 0.3) is 10.0 Å². The lowest BCUT2D eigenvalue weighted by Crippen LogP contribution is -2.34. The molecule has 0 aliphatic carbocycles. The van der Waals surface area contributed by atoms with Gasteiger partial charge in [0.05, 0.1) is 11.2 Å². The zero-order valence-electron chi connectivity index (χ0n) is 9.92. The molecule has 0 aromatic carbocycles. The van der Waals surface area contributed by atoms with Crippen LogP contribution in [0.3, 0.4) is 0 Å². The van der Waals surface area contributed by atoms with E-state index in [1.165, 1.54) is 13.2 Å². The molecular weight excluding hydrogens is 282 g/mol. The Hall–Kier alpha value is -1.12. The number of hydrogen-bond donors (Lipinski definition) is 2. The highest BCUT2D eigenvalue weighted by molar-refractivity contribution is 7.89. The molecule has 0 aliphatic rings. The van der Waals surface area contributed by atoms with E-state index in [0.29, 0.717) is 0 Å². The molecule has 0 radical (unpaired) electrons. The molecule has 1 heterocycles. The maximum atomic E-state index is 12.0. The molecule has 1 aromatic heterocycles. The third kappa shape index (κ3) is 3.69. The first kappa shape index (κ1) is 14.9. The van der Waals surface area contributed by atoms with Crippen molar-refractivity contribution in [3.8, 4) is 0 Å². The van der Waals surface area contributed by atoms with Gasteiger partial charge in [0.2, 0.25) is 0 Å². The summed E-state index contributed by atoms with van der Waals surface area (Å²) in [6.07, 6.45) is 1.32. The van der Waals surface area contributed by atoms with E-state index in [2.05, 4.69) is 9.82 Å². The Kier molecular flexibility index (Phi) is 4.71. The molecule has 18 heavy (non-hydrogen) atoms. The number of rotatable bonds is 6. The van der Waals surface area contributed by atoms with Gasteiger partial charge in [0.15, 0.2) is 5.03 Å². The molecular formula is C9H14ClN3O4S. The molecule has 1 aromatic rings. The first-order valence-corrected chi connectivity index (χ1v) is 7.01. The summed E-state index contributed by atoms with van der Waals surface area (Å²) in [6.45, 7) is 1.59. The van der Waals surface area contributed by atoms with Crippen molar-refractivity contribution in [2.45, 2.75) is 30.8 Å². The number of nitrogens with zero attached hydrogens (tertiary/aromatic N) is 2. The molecule has 9 heteroatoms. The zero-order valence-corrected chi connectivity index (χ0v) is 11.5. The number of aryl methyl sites for hydroxylation is 1. The van der Waals surface area contributed by atoms with E-state index in [9.17, 15) is 13.2 Å². The van der Waals surface area contributed by atoms with Crippen molar-refractivity contribution in [1.29, 1.82) is 0 Å². The smallest absolute Gasteiger partial charge is 0.303 e. The number of carbonyl (C=O) groups is 1. The first-order valence-electron chi connectivity index (χ1n) is 5.15. The molecule has 0 amide bonds. The average Bonchev–Trinajstić information content (AvgIpc) is 2.55. The lowest BCUT2D eigenvalue weighted by atomic mass is 10.2. The SMILES string of the molecule is CC(CCC(=O)O)NS(=O)(=O)c1c(Cl)cnn1C. The van der Waals surface area contributed by atoms with Crippen LogP contribution >= 0.6 is 11.6 Å². The average molecular weight is 296 g/mol. The largest absolute Gasteiger partial charge is 0.481 e. The van der Waals surface area contributed by atoms with Crippen LogP contribution in [-0.2, 0) is 21.9 Å². The van der Waals surface area contributed by atoms with E-state index < -0.39 is 22.0 Å². The molecule has 0 fully saturated rings. The van der Waals surface area contributed by atoms with Crippen LogP contribution in [0.2, 0.25) is 5.02 Å². The number of halogens is 1. The van der Waals surface area contributed by atoms with Crippen molar-refractivity contribution >= 4 is 27.6 Å². The van der Waals surface area contributed by atoms with Crippen LogP contribution in [0.25, 0.3) is 0 Å². The quantitative estimate of drug-likeness (QED) is 0.800. The van der Waals surface area contributed by atoms with Gasteiger partial charge in [-0.25, -0.2) is 13.1 Å². The predicted molar refractivity (Wildman–Crippen MR) is 64.9 cm³/mol. The fraction of sp³-hybridized carbons (Fsp3) is 0.556. The fourth-order valence-electron chi connectivity index (χ4n) is 1.42. The minimum absolute atomic E-state index is 0.0236. The fourth-order valence-corrected chi connectivity index (χ4v) is 3.36. The minimum atomic E-state index is -3.80. The lowest BCUT2D eigenvalue weighted by Gasteiger charge is -2.13. The molecule has 0 aliphatic heterocycles. The van der Waals surface area contributed by atoms with Gasteiger partial charge in [-0.05, 0) is 13.3 Å². The number of sulfonamides is 1. The van der Waals surface area contributed by atoms with E-state index >= 15 is 0 Å². The number of carboxylic acid groups (broad SMARTS) is 1. The summed E-state index contributed by atoms with van der Waals surface area (Å²) in [7, 11) is -2.34. The maximum absolute atomic E-state index is 12.0. The van der Waals surface area contributed by atoms with Gasteiger partial charge >= 0.3 is 5.97 Å². The van der Waals surface area contributed by atoms with Gasteiger partial charge < -0.3 is 5.11 Å². The molecule has 7 nitrogen and oxygen atoms in total. The Morgan fingerprint density at radius 3 is 2.72 bits per heavy atom. The maximum Gasteiger partial charge on any atom is 0.303 e. The van der Waals surface area contributed by atoms with E-state index in [4.69, 9.17) is 16.7 Å². The summed E-state index contributed by atoms with van der Waals surface area (Å²) >= 11 is 5.74. The standard InChI is InChI=1S/C9H14ClN3O4S/c1-6(3-4-8(14)15)12-18(16,17)9-7(10)5-11-13(9)2/h5-6,12H,3-4H2,1-2H3,(H,14,15). The highest BCUT2D eigenvalue weighted by Gasteiger charge is 2.24. The van der Waals surface area contributed by atoms with Crippen LogP contribution in [-0.4, -0.2) is 35.3 Å². The van der Waals surface area contributed by atoms with Gasteiger partial charge in [-0.2, -0.15) is 5.10 Å². The van der Waals surface area contributed by atoms with Crippen LogP contribution in [0.15, 0.2) is 11.2 Å². The summed E-state index contributed by atoms with van der Waals surface area (Å²) in [5, 5.41) is 12.1. The van der Waals surface area contributed by atoms with Crippen LogP contribution in [0, 0.1) is 0 Å². The van der Waals surface area contributed by atoms with E-state index in [1.807, 2.05) is 0 Å². The number of nitrogens with one attached hydrogen (secondary N) is 1. The summed E-state index contributed by atoms with van der Waals surface area (Å²) < 4.78 is 27.5. The summed E-state index contributed by atoms with van der Waals surface area (Å²) in [5.74, 6) is -0.973. The van der Waals surface area contributed by atoms with Gasteiger partial charge in [0.1, 0.15) is 0 Å². The number of aromatic nitrogens is 2. The molecule has 2 N–H and O–H groups in total. The topological polar surface area (TPSA) is 101 Å². The Bertz CT molecular complexity index is 521. The van der Waals surface area contributed by atoms with Gasteiger partial charge in [-0.1, -0.05) is 11.6 Å². The molecule has 1 unspecified atom stereocenters. The summed E-state index contributed by atoms with van der Waals surface area (Å²) in [6, 6.07) is -0.503. The second-order valence-electron chi connectivity index (χ2n) is 3.88. The molecule has 0 spiro atoms. The van der Waals surface area contributed by atoms with Crippen molar-refractivity contribution in [2.75, 3.05) is 0 Å². The van der Waals surface area contributed by atoms with Gasteiger partial charge in [-0.15, -0.1) is 0 Å². The van der Waals surface area contributed by atoms with Crippen LogP contribution in [0.1, 0.15) is 19.8 Å². The summed E-state index contributed by atoms with van der Waals surface area (Å²) in [4.78, 5) is 10.4. The zero-order chi connectivity index (χ0) is 13.9. The molecule has 1 rings (SSSR count).